The fourth-order valence-corrected chi connectivity index (χ4v) is 4.23. The van der Waals surface area contributed by atoms with E-state index in [4.69, 9.17) is 9.47 Å². The lowest BCUT2D eigenvalue weighted by atomic mass is 10.1. The van der Waals surface area contributed by atoms with Gasteiger partial charge in [-0.05, 0) is 74.8 Å². The van der Waals surface area contributed by atoms with Gasteiger partial charge in [0.2, 0.25) is 5.91 Å². The Morgan fingerprint density at radius 3 is 2.60 bits per heavy atom. The predicted octanol–water partition coefficient (Wildman–Crippen LogP) is 2.81. The number of nitrogens with zero attached hydrogens (tertiary/aromatic N) is 2. The first-order valence-corrected chi connectivity index (χ1v) is 12.0. The minimum atomic E-state index is -0.386. The summed E-state index contributed by atoms with van der Waals surface area (Å²) < 4.78 is 24.0. The van der Waals surface area contributed by atoms with Crippen molar-refractivity contribution >= 4 is 23.3 Å². The highest BCUT2D eigenvalue weighted by Gasteiger charge is 2.26. The van der Waals surface area contributed by atoms with Gasteiger partial charge >= 0.3 is 0 Å². The summed E-state index contributed by atoms with van der Waals surface area (Å²) in [6, 6.07) is 10.3. The molecule has 1 saturated heterocycles. The number of rotatable bonds is 11. The molecule has 0 radical (unpaired) electrons. The summed E-state index contributed by atoms with van der Waals surface area (Å²) in [5.41, 5.74) is 0.872. The van der Waals surface area contributed by atoms with Crippen molar-refractivity contribution in [3.63, 3.8) is 0 Å². The average molecular weight is 484 g/mol. The zero-order valence-electron chi connectivity index (χ0n) is 19.6. The topological polar surface area (TPSA) is 88.2 Å². The van der Waals surface area contributed by atoms with Gasteiger partial charge in [-0.25, -0.2) is 4.39 Å². The average Bonchev–Trinajstić information content (AvgIpc) is 3.38. The SMILES string of the molecule is O=C(CCCN1C(=O)COc2ccc(C(=O)COc3ccc(F)cc3)cc21)NCCN1CCCC1. The number of nitrogens with one attached hydrogen (secondary N) is 1. The molecule has 0 spiro atoms. The number of halogens is 1. The van der Waals surface area contributed by atoms with E-state index in [0.717, 1.165) is 19.6 Å². The summed E-state index contributed by atoms with van der Waals surface area (Å²) in [5.74, 6) is -0.0338. The van der Waals surface area contributed by atoms with Crippen molar-refractivity contribution in [3.8, 4) is 11.5 Å². The third-order valence-corrected chi connectivity index (χ3v) is 6.14. The molecule has 2 aliphatic rings. The van der Waals surface area contributed by atoms with Gasteiger partial charge in [-0.2, -0.15) is 0 Å². The van der Waals surface area contributed by atoms with Crippen molar-refractivity contribution in [2.24, 2.45) is 0 Å². The Morgan fingerprint density at radius 2 is 1.83 bits per heavy atom. The van der Waals surface area contributed by atoms with Gasteiger partial charge in [-0.1, -0.05) is 0 Å². The molecule has 35 heavy (non-hydrogen) atoms. The number of carbonyl (C=O) groups is 3. The standard InChI is InChI=1S/C26H30FN3O5/c27-20-6-8-21(9-7-20)34-17-23(31)19-5-10-24-22(16-19)30(26(33)18-35-24)14-3-4-25(32)28-11-15-29-12-1-2-13-29/h5-10,16H,1-4,11-15,17-18H2,(H,28,32). The first-order chi connectivity index (χ1) is 17.0. The van der Waals surface area contributed by atoms with Crippen molar-refractivity contribution in [1.29, 1.82) is 0 Å². The van der Waals surface area contributed by atoms with E-state index in [-0.39, 0.29) is 36.6 Å². The van der Waals surface area contributed by atoms with Crippen LogP contribution in [-0.2, 0) is 9.59 Å². The lowest BCUT2D eigenvalue weighted by Gasteiger charge is -2.29. The van der Waals surface area contributed by atoms with Crippen molar-refractivity contribution in [2.75, 3.05) is 50.8 Å². The third kappa shape index (κ3) is 6.79. The number of hydrogen-bond donors (Lipinski definition) is 1. The van der Waals surface area contributed by atoms with E-state index in [1.807, 2.05) is 0 Å². The molecule has 2 aromatic carbocycles. The Hall–Kier alpha value is -3.46. The zero-order chi connectivity index (χ0) is 24.6. The predicted molar refractivity (Wildman–Crippen MR) is 128 cm³/mol. The fraction of sp³-hybridized carbons (Fsp3) is 0.423. The molecular weight excluding hydrogens is 453 g/mol. The highest BCUT2D eigenvalue weighted by Crippen LogP contribution is 2.33. The maximum atomic E-state index is 13.0. The quantitative estimate of drug-likeness (QED) is 0.495. The summed E-state index contributed by atoms with van der Waals surface area (Å²) in [5, 5.41) is 2.94. The number of benzene rings is 2. The van der Waals surface area contributed by atoms with Crippen molar-refractivity contribution in [3.05, 3.63) is 53.8 Å². The number of Topliss-reactive ketones (excluding diaryl/α,β-unsaturated/α-hetero) is 1. The molecule has 0 saturated carbocycles. The minimum absolute atomic E-state index is 0.0352. The van der Waals surface area contributed by atoms with Gasteiger partial charge in [-0.15, -0.1) is 0 Å². The second kappa shape index (κ2) is 11.8. The van der Waals surface area contributed by atoms with Gasteiger partial charge < -0.3 is 24.6 Å². The monoisotopic (exact) mass is 483 g/mol. The van der Waals surface area contributed by atoms with Gasteiger partial charge in [0.1, 0.15) is 17.3 Å². The number of carbonyl (C=O) groups excluding carboxylic acids is 3. The second-order valence-electron chi connectivity index (χ2n) is 8.68. The summed E-state index contributed by atoms with van der Waals surface area (Å²) >= 11 is 0. The minimum Gasteiger partial charge on any atom is -0.485 e. The number of ether oxygens (including phenoxy) is 2. The van der Waals surface area contributed by atoms with Gasteiger partial charge in [-0.3, -0.25) is 14.4 Å². The number of hydrogen-bond acceptors (Lipinski definition) is 6. The number of anilines is 1. The first-order valence-electron chi connectivity index (χ1n) is 12.0. The van der Waals surface area contributed by atoms with E-state index in [9.17, 15) is 18.8 Å². The van der Waals surface area contributed by atoms with Crippen molar-refractivity contribution in [1.82, 2.24) is 10.2 Å². The van der Waals surface area contributed by atoms with Crippen LogP contribution < -0.4 is 19.7 Å². The van der Waals surface area contributed by atoms with E-state index in [0.29, 0.717) is 48.7 Å². The van der Waals surface area contributed by atoms with Crippen molar-refractivity contribution in [2.45, 2.75) is 25.7 Å². The molecular formula is C26H30FN3O5. The van der Waals surface area contributed by atoms with Crippen LogP contribution in [0.4, 0.5) is 10.1 Å². The Bertz CT molecular complexity index is 1050. The molecule has 0 unspecified atom stereocenters. The van der Waals surface area contributed by atoms with Gasteiger partial charge in [0.25, 0.3) is 5.91 Å². The molecule has 1 fully saturated rings. The summed E-state index contributed by atoms with van der Waals surface area (Å²) in [6.45, 7) is 3.71. The Labute approximate surface area is 204 Å². The van der Waals surface area contributed by atoms with Crippen LogP contribution in [0.1, 0.15) is 36.0 Å². The van der Waals surface area contributed by atoms with E-state index in [1.165, 1.54) is 37.1 Å². The molecule has 2 heterocycles. The summed E-state index contributed by atoms with van der Waals surface area (Å²) in [6.07, 6.45) is 3.24. The third-order valence-electron chi connectivity index (χ3n) is 6.14. The summed E-state index contributed by atoms with van der Waals surface area (Å²) in [7, 11) is 0. The number of likely N-dealkylation sites (tertiary alicyclic amines) is 1. The second-order valence-corrected chi connectivity index (χ2v) is 8.68. The number of ketones is 1. The van der Waals surface area contributed by atoms with Crippen LogP contribution in [0.3, 0.4) is 0 Å². The van der Waals surface area contributed by atoms with E-state index < -0.39 is 0 Å². The highest BCUT2D eigenvalue weighted by molar-refractivity contribution is 6.02. The molecule has 4 rings (SSSR count). The largest absolute Gasteiger partial charge is 0.485 e. The molecule has 0 aliphatic carbocycles. The van der Waals surface area contributed by atoms with E-state index in [2.05, 4.69) is 10.2 Å². The van der Waals surface area contributed by atoms with Gasteiger partial charge in [0.05, 0.1) is 5.69 Å². The molecule has 186 valence electrons. The molecule has 0 aromatic heterocycles. The van der Waals surface area contributed by atoms with Crippen molar-refractivity contribution < 1.29 is 28.2 Å². The normalized spacial score (nSPS) is 15.5. The lowest BCUT2D eigenvalue weighted by Crippen LogP contribution is -2.40. The smallest absolute Gasteiger partial charge is 0.265 e. The molecule has 0 bridgehead atoms. The van der Waals surface area contributed by atoms with E-state index >= 15 is 0 Å². The van der Waals surface area contributed by atoms with E-state index in [1.54, 1.807) is 23.1 Å². The molecule has 2 aliphatic heterocycles. The van der Waals surface area contributed by atoms with Crippen LogP contribution in [0.15, 0.2) is 42.5 Å². The Balaban J connectivity index is 1.30. The maximum absolute atomic E-state index is 13.0. The highest BCUT2D eigenvalue weighted by atomic mass is 19.1. The lowest BCUT2D eigenvalue weighted by molar-refractivity contribution is -0.122. The summed E-state index contributed by atoms with van der Waals surface area (Å²) in [4.78, 5) is 41.3. The van der Waals surface area contributed by atoms with Crippen LogP contribution in [0.2, 0.25) is 0 Å². The molecule has 2 aromatic rings. The fourth-order valence-electron chi connectivity index (χ4n) is 4.23. The number of amides is 2. The first kappa shape index (κ1) is 24.7. The molecule has 2 amide bonds. The van der Waals surface area contributed by atoms with Crippen LogP contribution >= 0.6 is 0 Å². The maximum Gasteiger partial charge on any atom is 0.265 e. The van der Waals surface area contributed by atoms with Crippen LogP contribution in [-0.4, -0.2) is 68.4 Å². The molecule has 1 N–H and O–H groups in total. The van der Waals surface area contributed by atoms with Crippen LogP contribution in [0, 0.1) is 5.82 Å². The Morgan fingerprint density at radius 1 is 1.06 bits per heavy atom. The zero-order valence-corrected chi connectivity index (χ0v) is 19.6. The van der Waals surface area contributed by atoms with Gasteiger partial charge in [0, 0.05) is 31.6 Å². The molecule has 9 heteroatoms. The Kier molecular flexibility index (Phi) is 8.31. The number of fused-ring (bicyclic) bond motifs is 1. The molecule has 0 atom stereocenters. The van der Waals surface area contributed by atoms with Gasteiger partial charge in [0.15, 0.2) is 19.0 Å². The van der Waals surface area contributed by atoms with Crippen LogP contribution in [0.25, 0.3) is 0 Å². The molecule has 8 nitrogen and oxygen atoms in total. The van der Waals surface area contributed by atoms with Crippen LogP contribution in [0.5, 0.6) is 11.5 Å².